The Kier molecular flexibility index (Phi) is 3.51. The van der Waals surface area contributed by atoms with Gasteiger partial charge in [-0.2, -0.15) is 5.10 Å². The quantitative estimate of drug-likeness (QED) is 0.751. The first-order chi connectivity index (χ1) is 11.3. The van der Waals surface area contributed by atoms with Crippen molar-refractivity contribution in [2.24, 2.45) is 0 Å². The largest absolute Gasteiger partial charge is 0.480 e. The molecule has 8 heteroatoms. The fraction of sp³-hybridized carbons (Fsp3) is 0.333. The normalized spacial score (nSPS) is 17.5. The Bertz CT molecular complexity index is 808. The monoisotopic (exact) mass is 311 g/mol. The predicted molar refractivity (Wildman–Crippen MR) is 85.1 cm³/mol. The molecule has 1 saturated heterocycles. The van der Waals surface area contributed by atoms with Gasteiger partial charge in [0, 0.05) is 18.8 Å². The first kappa shape index (κ1) is 13.9. The van der Waals surface area contributed by atoms with Crippen LogP contribution in [0.1, 0.15) is 17.9 Å². The molecule has 3 aromatic rings. The first-order valence-electron chi connectivity index (χ1n) is 7.52. The van der Waals surface area contributed by atoms with Gasteiger partial charge in [0.15, 0.2) is 11.5 Å². The van der Waals surface area contributed by atoms with Crippen LogP contribution in [0.5, 0.6) is 5.88 Å². The molecule has 0 saturated carbocycles. The molecule has 0 aliphatic carbocycles. The van der Waals surface area contributed by atoms with E-state index < -0.39 is 0 Å². The summed E-state index contributed by atoms with van der Waals surface area (Å²) >= 11 is 0. The molecule has 0 amide bonds. The van der Waals surface area contributed by atoms with Gasteiger partial charge in [0.2, 0.25) is 5.88 Å². The lowest BCUT2D eigenvalue weighted by atomic mass is 10.00. The zero-order valence-corrected chi connectivity index (χ0v) is 12.7. The van der Waals surface area contributed by atoms with Gasteiger partial charge in [-0.15, -0.1) is 10.2 Å². The number of methoxy groups -OCH3 is 1. The fourth-order valence-corrected chi connectivity index (χ4v) is 2.84. The molecule has 4 rings (SSSR count). The number of pyridine rings is 1. The van der Waals surface area contributed by atoms with E-state index in [0.717, 1.165) is 30.8 Å². The van der Waals surface area contributed by atoms with Gasteiger partial charge in [-0.3, -0.25) is 0 Å². The molecule has 0 aromatic carbocycles. The Morgan fingerprint density at radius 2 is 2.30 bits per heavy atom. The number of aromatic nitrogens is 5. The molecule has 0 spiro atoms. The van der Waals surface area contributed by atoms with Gasteiger partial charge in [-0.05, 0) is 36.6 Å². The summed E-state index contributed by atoms with van der Waals surface area (Å²) in [4.78, 5) is 4.32. The van der Waals surface area contributed by atoms with Crippen LogP contribution in [0, 0.1) is 0 Å². The topological polar surface area (TPSA) is 89.3 Å². The average molecular weight is 311 g/mol. The van der Waals surface area contributed by atoms with E-state index in [1.165, 1.54) is 5.56 Å². The Balaban J connectivity index is 1.70. The molecule has 1 aliphatic rings. The van der Waals surface area contributed by atoms with Crippen LogP contribution in [0.25, 0.3) is 5.65 Å². The number of hydrogen-bond acceptors (Lipinski definition) is 7. The molecule has 1 fully saturated rings. The number of rotatable bonds is 4. The third-order valence-electron chi connectivity index (χ3n) is 4.04. The van der Waals surface area contributed by atoms with Crippen LogP contribution in [0.15, 0.2) is 30.7 Å². The number of nitrogens with zero attached hydrogens (tertiary/aromatic N) is 5. The first-order valence-corrected chi connectivity index (χ1v) is 7.52. The number of nitrogens with one attached hydrogen (secondary N) is 2. The van der Waals surface area contributed by atoms with Crippen molar-refractivity contribution >= 4 is 17.2 Å². The van der Waals surface area contributed by atoms with Gasteiger partial charge in [-0.25, -0.2) is 9.50 Å². The second-order valence-electron chi connectivity index (χ2n) is 5.49. The van der Waals surface area contributed by atoms with E-state index in [4.69, 9.17) is 4.74 Å². The molecule has 2 N–H and O–H groups in total. The summed E-state index contributed by atoms with van der Waals surface area (Å²) in [6, 6.07) is 5.71. The van der Waals surface area contributed by atoms with Crippen LogP contribution in [-0.2, 0) is 0 Å². The summed E-state index contributed by atoms with van der Waals surface area (Å²) in [5, 5.41) is 19.0. The maximum atomic E-state index is 5.03. The second kappa shape index (κ2) is 5.81. The van der Waals surface area contributed by atoms with Crippen LogP contribution < -0.4 is 15.4 Å². The Morgan fingerprint density at radius 3 is 3.04 bits per heavy atom. The van der Waals surface area contributed by atoms with Crippen molar-refractivity contribution in [1.29, 1.82) is 0 Å². The SMILES string of the molecule is COc1ccc(Nc2cc(C3CCNC3)cn3ncnc23)nn1. The molecule has 8 nitrogen and oxygen atoms in total. The van der Waals surface area contributed by atoms with Crippen molar-refractivity contribution < 1.29 is 4.74 Å². The van der Waals surface area contributed by atoms with Crippen LogP contribution in [0.2, 0.25) is 0 Å². The minimum absolute atomic E-state index is 0.481. The van der Waals surface area contributed by atoms with Gasteiger partial charge >= 0.3 is 0 Å². The van der Waals surface area contributed by atoms with E-state index in [0.29, 0.717) is 17.6 Å². The maximum Gasteiger partial charge on any atom is 0.233 e. The van der Waals surface area contributed by atoms with E-state index in [1.54, 1.807) is 24.0 Å². The van der Waals surface area contributed by atoms with Gasteiger partial charge in [0.25, 0.3) is 0 Å². The van der Waals surface area contributed by atoms with Crippen LogP contribution >= 0.6 is 0 Å². The molecule has 1 atom stereocenters. The predicted octanol–water partition coefficient (Wildman–Crippen LogP) is 1.35. The summed E-state index contributed by atoms with van der Waals surface area (Å²) < 4.78 is 6.83. The summed E-state index contributed by atoms with van der Waals surface area (Å²) in [6.07, 6.45) is 4.73. The summed E-state index contributed by atoms with van der Waals surface area (Å²) in [5.74, 6) is 1.61. The average Bonchev–Trinajstić information content (AvgIpc) is 3.27. The fourth-order valence-electron chi connectivity index (χ4n) is 2.84. The van der Waals surface area contributed by atoms with E-state index in [2.05, 4.69) is 37.0 Å². The summed E-state index contributed by atoms with van der Waals surface area (Å²) in [5.41, 5.74) is 2.86. The van der Waals surface area contributed by atoms with Crippen LogP contribution in [-0.4, -0.2) is 45.0 Å². The minimum atomic E-state index is 0.481. The maximum absolute atomic E-state index is 5.03. The highest BCUT2D eigenvalue weighted by Gasteiger charge is 2.19. The highest BCUT2D eigenvalue weighted by Crippen LogP contribution is 2.28. The number of hydrogen-bond donors (Lipinski definition) is 2. The highest BCUT2D eigenvalue weighted by molar-refractivity contribution is 5.72. The molecule has 1 unspecified atom stereocenters. The van der Waals surface area contributed by atoms with E-state index >= 15 is 0 Å². The Hall–Kier alpha value is -2.74. The molecule has 0 bridgehead atoms. The van der Waals surface area contributed by atoms with Crippen molar-refractivity contribution in [2.45, 2.75) is 12.3 Å². The molecule has 118 valence electrons. The number of anilines is 2. The molecule has 23 heavy (non-hydrogen) atoms. The zero-order valence-electron chi connectivity index (χ0n) is 12.7. The van der Waals surface area contributed by atoms with Crippen molar-refractivity contribution in [3.05, 3.63) is 36.3 Å². The van der Waals surface area contributed by atoms with Gasteiger partial charge in [0.1, 0.15) is 6.33 Å². The molecule has 1 aliphatic heterocycles. The zero-order chi connectivity index (χ0) is 15.6. The molecule has 0 radical (unpaired) electrons. The molecular formula is C15H17N7O. The lowest BCUT2D eigenvalue weighted by molar-refractivity contribution is 0.392. The van der Waals surface area contributed by atoms with E-state index in [1.807, 2.05) is 12.3 Å². The molecule has 3 aromatic heterocycles. The standard InChI is InChI=1S/C15H17N7O/c1-23-14-3-2-13(20-21-14)19-12-6-11(10-4-5-16-7-10)8-22-15(12)17-9-18-22/h2-3,6,8-10,16H,4-5,7H2,1H3,(H,19,20). The third-order valence-corrected chi connectivity index (χ3v) is 4.04. The van der Waals surface area contributed by atoms with Crippen LogP contribution in [0.4, 0.5) is 11.5 Å². The Labute approximate surface area is 132 Å². The number of ether oxygens (including phenoxy) is 1. The molecule has 4 heterocycles. The Morgan fingerprint density at radius 1 is 1.35 bits per heavy atom. The summed E-state index contributed by atoms with van der Waals surface area (Å²) in [6.45, 7) is 2.04. The third kappa shape index (κ3) is 2.68. The van der Waals surface area contributed by atoms with Crippen molar-refractivity contribution in [3.63, 3.8) is 0 Å². The van der Waals surface area contributed by atoms with Crippen LogP contribution in [0.3, 0.4) is 0 Å². The minimum Gasteiger partial charge on any atom is -0.480 e. The smallest absolute Gasteiger partial charge is 0.233 e. The number of fused-ring (bicyclic) bond motifs is 1. The van der Waals surface area contributed by atoms with E-state index in [-0.39, 0.29) is 0 Å². The van der Waals surface area contributed by atoms with Crippen molar-refractivity contribution in [2.75, 3.05) is 25.5 Å². The highest BCUT2D eigenvalue weighted by atomic mass is 16.5. The van der Waals surface area contributed by atoms with E-state index in [9.17, 15) is 0 Å². The van der Waals surface area contributed by atoms with Gasteiger partial charge in [0.05, 0.1) is 12.8 Å². The lowest BCUT2D eigenvalue weighted by Crippen LogP contribution is -2.09. The van der Waals surface area contributed by atoms with Crippen molar-refractivity contribution in [3.8, 4) is 5.88 Å². The summed E-state index contributed by atoms with van der Waals surface area (Å²) in [7, 11) is 1.57. The van der Waals surface area contributed by atoms with Gasteiger partial charge < -0.3 is 15.4 Å². The second-order valence-corrected chi connectivity index (χ2v) is 5.49. The molecular weight excluding hydrogens is 294 g/mol. The van der Waals surface area contributed by atoms with Crippen molar-refractivity contribution in [1.82, 2.24) is 30.1 Å². The van der Waals surface area contributed by atoms with Gasteiger partial charge in [-0.1, -0.05) is 0 Å². The lowest BCUT2D eigenvalue weighted by Gasteiger charge is -2.13.